The fourth-order valence-corrected chi connectivity index (χ4v) is 1.63. The van der Waals surface area contributed by atoms with Crippen LogP contribution >= 0.6 is 0 Å². The van der Waals surface area contributed by atoms with E-state index in [0.717, 1.165) is 0 Å². The van der Waals surface area contributed by atoms with Crippen LogP contribution in [0.15, 0.2) is 36.4 Å². The van der Waals surface area contributed by atoms with E-state index in [-0.39, 0.29) is 11.3 Å². The van der Waals surface area contributed by atoms with Crippen LogP contribution in [0.25, 0.3) is 0 Å². The molecule has 19 heavy (non-hydrogen) atoms. The molecule has 3 N–H and O–H groups in total. The van der Waals surface area contributed by atoms with Gasteiger partial charge in [0.15, 0.2) is 0 Å². The van der Waals surface area contributed by atoms with E-state index in [4.69, 9.17) is 15.7 Å². The Morgan fingerprint density at radius 3 is 2.68 bits per heavy atom. The van der Waals surface area contributed by atoms with Gasteiger partial charge < -0.3 is 15.8 Å². The number of ether oxygens (including phenoxy) is 1. The van der Waals surface area contributed by atoms with Crippen molar-refractivity contribution < 1.29 is 9.13 Å². The highest BCUT2D eigenvalue weighted by molar-refractivity contribution is 5.67. The topological polar surface area (TPSA) is 71.1 Å². The first kappa shape index (κ1) is 12.7. The monoisotopic (exact) mass is 257 g/mol. The highest BCUT2D eigenvalue weighted by Gasteiger charge is 2.06. The van der Waals surface area contributed by atoms with Crippen molar-refractivity contribution in [2.75, 3.05) is 18.2 Å². The Morgan fingerprint density at radius 1 is 1.26 bits per heavy atom. The average Bonchev–Trinajstić information content (AvgIpc) is 2.43. The number of anilines is 3. The molecule has 0 bridgehead atoms. The number of rotatable bonds is 3. The fraction of sp³-hybridized carbons (Fsp3) is 0.0714. The third-order valence-corrected chi connectivity index (χ3v) is 2.61. The summed E-state index contributed by atoms with van der Waals surface area (Å²) in [5.41, 5.74) is 7.41. The summed E-state index contributed by atoms with van der Waals surface area (Å²) in [5, 5.41) is 11.6. The Labute approximate surface area is 110 Å². The third-order valence-electron chi connectivity index (χ3n) is 2.61. The highest BCUT2D eigenvalue weighted by Crippen LogP contribution is 2.28. The number of hydrogen-bond acceptors (Lipinski definition) is 4. The van der Waals surface area contributed by atoms with Crippen LogP contribution < -0.4 is 15.8 Å². The highest BCUT2D eigenvalue weighted by atomic mass is 19.1. The zero-order valence-corrected chi connectivity index (χ0v) is 10.3. The van der Waals surface area contributed by atoms with Crippen molar-refractivity contribution in [2.24, 2.45) is 0 Å². The van der Waals surface area contributed by atoms with E-state index in [9.17, 15) is 4.39 Å². The number of nitrogens with zero attached hydrogens (tertiary/aromatic N) is 1. The van der Waals surface area contributed by atoms with Crippen LogP contribution in [-0.2, 0) is 0 Å². The number of nitrogen functional groups attached to an aromatic ring is 1. The van der Waals surface area contributed by atoms with Crippen LogP contribution in [0.5, 0.6) is 5.75 Å². The molecule has 2 aromatic rings. The predicted octanol–water partition coefficient (Wildman–Crippen LogP) is 3.03. The van der Waals surface area contributed by atoms with Crippen LogP contribution in [-0.4, -0.2) is 7.11 Å². The largest absolute Gasteiger partial charge is 0.495 e. The van der Waals surface area contributed by atoms with E-state index in [0.29, 0.717) is 17.1 Å². The molecule has 0 aliphatic rings. The lowest BCUT2D eigenvalue weighted by atomic mass is 10.2. The molecule has 5 heteroatoms. The van der Waals surface area contributed by atoms with Crippen molar-refractivity contribution in [3.8, 4) is 11.8 Å². The molecule has 0 spiro atoms. The van der Waals surface area contributed by atoms with Crippen molar-refractivity contribution in [2.45, 2.75) is 0 Å². The fourth-order valence-electron chi connectivity index (χ4n) is 1.63. The summed E-state index contributed by atoms with van der Waals surface area (Å²) in [6, 6.07) is 11.2. The molecule has 0 aliphatic carbocycles. The van der Waals surface area contributed by atoms with Gasteiger partial charge in [-0.2, -0.15) is 5.26 Å². The molecule has 0 aliphatic heterocycles. The molecule has 2 aromatic carbocycles. The molecule has 0 atom stereocenters. The normalized spacial score (nSPS) is 9.74. The lowest BCUT2D eigenvalue weighted by Gasteiger charge is -2.10. The summed E-state index contributed by atoms with van der Waals surface area (Å²) in [5.74, 6) is 0.0221. The van der Waals surface area contributed by atoms with Gasteiger partial charge >= 0.3 is 0 Å². The Hall–Kier alpha value is -2.74. The van der Waals surface area contributed by atoms with Gasteiger partial charge in [-0.3, -0.25) is 0 Å². The molecule has 0 radical (unpaired) electrons. The van der Waals surface area contributed by atoms with Crippen molar-refractivity contribution in [3.05, 3.63) is 47.8 Å². The minimum absolute atomic E-state index is 0.276. The molecule has 2 rings (SSSR count). The van der Waals surface area contributed by atoms with E-state index >= 15 is 0 Å². The summed E-state index contributed by atoms with van der Waals surface area (Å²) in [7, 11) is 1.51. The minimum Gasteiger partial charge on any atom is -0.495 e. The summed E-state index contributed by atoms with van der Waals surface area (Å²) < 4.78 is 18.8. The number of methoxy groups -OCH3 is 1. The SMILES string of the molecule is COc1cc(Nc2ccc(C#N)cc2F)ccc1N. The molecule has 0 saturated carbocycles. The molecule has 4 nitrogen and oxygen atoms in total. The minimum atomic E-state index is -0.491. The van der Waals surface area contributed by atoms with Crippen LogP contribution in [0.1, 0.15) is 5.56 Å². The lowest BCUT2D eigenvalue weighted by Crippen LogP contribution is -1.97. The number of halogens is 1. The van der Waals surface area contributed by atoms with Gasteiger partial charge in [-0.05, 0) is 30.3 Å². The first-order chi connectivity index (χ1) is 9.13. The number of nitrogens with one attached hydrogen (secondary N) is 1. The van der Waals surface area contributed by atoms with Crippen molar-refractivity contribution >= 4 is 17.1 Å². The van der Waals surface area contributed by atoms with Crippen molar-refractivity contribution in [3.63, 3.8) is 0 Å². The van der Waals surface area contributed by atoms with Gasteiger partial charge in [-0.25, -0.2) is 4.39 Å². The van der Waals surface area contributed by atoms with Gasteiger partial charge in [0.05, 0.1) is 30.1 Å². The predicted molar refractivity (Wildman–Crippen MR) is 71.8 cm³/mol. The Morgan fingerprint density at radius 2 is 2.05 bits per heavy atom. The van der Waals surface area contributed by atoms with Crippen molar-refractivity contribution in [1.82, 2.24) is 0 Å². The summed E-state index contributed by atoms with van der Waals surface area (Å²) in [6.45, 7) is 0. The molecule has 0 aromatic heterocycles. The Balaban J connectivity index is 2.29. The van der Waals surface area contributed by atoms with Gasteiger partial charge in [-0.1, -0.05) is 0 Å². The van der Waals surface area contributed by atoms with Gasteiger partial charge in [0.25, 0.3) is 0 Å². The quantitative estimate of drug-likeness (QED) is 0.829. The number of nitriles is 1. The smallest absolute Gasteiger partial charge is 0.147 e. The van der Waals surface area contributed by atoms with Crippen LogP contribution in [0, 0.1) is 17.1 Å². The second-order valence-electron chi connectivity index (χ2n) is 3.89. The molecule has 0 saturated heterocycles. The lowest BCUT2D eigenvalue weighted by molar-refractivity contribution is 0.417. The van der Waals surface area contributed by atoms with Crippen LogP contribution in [0.4, 0.5) is 21.5 Å². The number of benzene rings is 2. The maximum Gasteiger partial charge on any atom is 0.147 e. The summed E-state index contributed by atoms with van der Waals surface area (Å²) in [6.07, 6.45) is 0. The van der Waals surface area contributed by atoms with Gasteiger partial charge in [0, 0.05) is 11.8 Å². The average molecular weight is 257 g/mol. The maximum absolute atomic E-state index is 13.7. The zero-order valence-electron chi connectivity index (χ0n) is 10.3. The van der Waals surface area contributed by atoms with E-state index in [1.54, 1.807) is 24.3 Å². The van der Waals surface area contributed by atoms with Gasteiger partial charge in [0.1, 0.15) is 11.6 Å². The van der Waals surface area contributed by atoms with E-state index in [1.165, 1.54) is 19.2 Å². The third kappa shape index (κ3) is 2.75. The van der Waals surface area contributed by atoms with Crippen LogP contribution in [0.2, 0.25) is 0 Å². The molecule has 0 unspecified atom stereocenters. The second kappa shape index (κ2) is 5.27. The molecule has 0 fully saturated rings. The van der Waals surface area contributed by atoms with Gasteiger partial charge in [0.2, 0.25) is 0 Å². The van der Waals surface area contributed by atoms with E-state index in [2.05, 4.69) is 5.32 Å². The molecule has 0 amide bonds. The van der Waals surface area contributed by atoms with Gasteiger partial charge in [-0.15, -0.1) is 0 Å². The second-order valence-corrected chi connectivity index (χ2v) is 3.89. The Bertz CT molecular complexity index is 650. The number of hydrogen-bond donors (Lipinski definition) is 2. The Kier molecular flexibility index (Phi) is 3.53. The zero-order chi connectivity index (χ0) is 13.8. The number of nitrogens with two attached hydrogens (primary N) is 1. The molecular formula is C14H12FN3O. The molecular weight excluding hydrogens is 245 g/mol. The standard InChI is InChI=1S/C14H12FN3O/c1-19-14-7-10(3-4-12(14)17)18-13-5-2-9(8-16)6-11(13)15/h2-7,18H,17H2,1H3. The molecule has 96 valence electrons. The first-order valence-corrected chi connectivity index (χ1v) is 5.54. The van der Waals surface area contributed by atoms with Crippen molar-refractivity contribution in [1.29, 1.82) is 5.26 Å². The van der Waals surface area contributed by atoms with Crippen LogP contribution in [0.3, 0.4) is 0 Å². The summed E-state index contributed by atoms with van der Waals surface area (Å²) >= 11 is 0. The molecule has 0 heterocycles. The first-order valence-electron chi connectivity index (χ1n) is 5.54. The maximum atomic E-state index is 13.7. The van der Waals surface area contributed by atoms with E-state index < -0.39 is 5.82 Å². The van der Waals surface area contributed by atoms with E-state index in [1.807, 2.05) is 6.07 Å². The summed E-state index contributed by atoms with van der Waals surface area (Å²) in [4.78, 5) is 0.